The molecule has 5 nitrogen and oxygen atoms in total. The van der Waals surface area contributed by atoms with Crippen LogP contribution in [-0.4, -0.2) is 18.1 Å². The normalized spacial score (nSPS) is 10.1. The first-order valence-corrected chi connectivity index (χ1v) is 6.05. The Morgan fingerprint density at radius 1 is 1.25 bits per heavy atom. The van der Waals surface area contributed by atoms with E-state index in [0.717, 1.165) is 5.56 Å². The zero-order chi connectivity index (χ0) is 14.7. The maximum absolute atomic E-state index is 12.1. The van der Waals surface area contributed by atoms with Crippen molar-refractivity contribution in [3.63, 3.8) is 0 Å². The number of phenolic OH excluding ortho intramolecular Hbond substituents is 1. The molecule has 0 fully saturated rings. The molecule has 0 saturated carbocycles. The van der Waals surface area contributed by atoms with Gasteiger partial charge in [-0.1, -0.05) is 6.07 Å². The van der Waals surface area contributed by atoms with Crippen molar-refractivity contribution in [2.45, 2.75) is 6.92 Å². The molecule has 4 N–H and O–H groups in total. The number of hydrogen-bond donors (Lipinski definition) is 3. The standard InChI is InChI=1S/C15H16N2O3/c1-9-3-4-10(7-13(9)18)15(19)17-11-5-6-12(16)14(8-11)20-2/h3-8,18H,16H2,1-2H3,(H,17,19). The summed E-state index contributed by atoms with van der Waals surface area (Å²) in [5.41, 5.74) is 7.87. The molecule has 2 aromatic rings. The lowest BCUT2D eigenvalue weighted by Gasteiger charge is -2.09. The largest absolute Gasteiger partial charge is 0.508 e. The molecule has 0 saturated heterocycles. The molecule has 0 atom stereocenters. The number of ether oxygens (including phenoxy) is 1. The highest BCUT2D eigenvalue weighted by molar-refractivity contribution is 6.04. The summed E-state index contributed by atoms with van der Waals surface area (Å²) >= 11 is 0. The second-order valence-corrected chi connectivity index (χ2v) is 4.41. The van der Waals surface area contributed by atoms with E-state index in [9.17, 15) is 9.90 Å². The fraction of sp³-hybridized carbons (Fsp3) is 0.133. The summed E-state index contributed by atoms with van der Waals surface area (Å²) in [4.78, 5) is 12.1. The molecule has 0 aromatic heterocycles. The predicted molar refractivity (Wildman–Crippen MR) is 78.2 cm³/mol. The number of benzene rings is 2. The van der Waals surface area contributed by atoms with Crippen molar-refractivity contribution in [2.75, 3.05) is 18.2 Å². The van der Waals surface area contributed by atoms with E-state index < -0.39 is 0 Å². The van der Waals surface area contributed by atoms with Crippen LogP contribution in [0.2, 0.25) is 0 Å². The third-order valence-corrected chi connectivity index (χ3v) is 2.96. The van der Waals surface area contributed by atoms with Gasteiger partial charge in [0, 0.05) is 17.3 Å². The summed E-state index contributed by atoms with van der Waals surface area (Å²) in [7, 11) is 1.51. The topological polar surface area (TPSA) is 84.6 Å². The van der Waals surface area contributed by atoms with Gasteiger partial charge in [-0.15, -0.1) is 0 Å². The van der Waals surface area contributed by atoms with E-state index in [1.165, 1.54) is 13.2 Å². The zero-order valence-corrected chi connectivity index (χ0v) is 11.3. The van der Waals surface area contributed by atoms with E-state index in [1.807, 2.05) is 0 Å². The lowest BCUT2D eigenvalue weighted by atomic mass is 10.1. The van der Waals surface area contributed by atoms with Crippen LogP contribution in [0.15, 0.2) is 36.4 Å². The van der Waals surface area contributed by atoms with Gasteiger partial charge in [-0.05, 0) is 36.8 Å². The first kappa shape index (κ1) is 13.7. The van der Waals surface area contributed by atoms with Gasteiger partial charge in [-0.3, -0.25) is 4.79 Å². The average molecular weight is 272 g/mol. The van der Waals surface area contributed by atoms with Gasteiger partial charge in [-0.25, -0.2) is 0 Å². The summed E-state index contributed by atoms with van der Waals surface area (Å²) in [6.07, 6.45) is 0. The summed E-state index contributed by atoms with van der Waals surface area (Å²) in [5, 5.41) is 12.3. The minimum Gasteiger partial charge on any atom is -0.508 e. The molecular weight excluding hydrogens is 256 g/mol. The quantitative estimate of drug-likeness (QED) is 0.750. The van der Waals surface area contributed by atoms with Crippen molar-refractivity contribution in [1.29, 1.82) is 0 Å². The fourth-order valence-electron chi connectivity index (χ4n) is 1.74. The Labute approximate surface area is 117 Å². The van der Waals surface area contributed by atoms with Crippen molar-refractivity contribution in [3.05, 3.63) is 47.5 Å². The number of hydrogen-bond acceptors (Lipinski definition) is 4. The molecule has 0 bridgehead atoms. The van der Waals surface area contributed by atoms with E-state index in [1.54, 1.807) is 37.3 Å². The van der Waals surface area contributed by atoms with E-state index in [0.29, 0.717) is 22.7 Å². The molecule has 5 heteroatoms. The number of aromatic hydroxyl groups is 1. The number of anilines is 2. The highest BCUT2D eigenvalue weighted by Crippen LogP contribution is 2.25. The number of carbonyl (C=O) groups excluding carboxylic acids is 1. The Bertz CT molecular complexity index is 654. The minimum absolute atomic E-state index is 0.0903. The van der Waals surface area contributed by atoms with Crippen LogP contribution in [-0.2, 0) is 0 Å². The van der Waals surface area contributed by atoms with Crippen LogP contribution in [0.5, 0.6) is 11.5 Å². The molecule has 20 heavy (non-hydrogen) atoms. The highest BCUT2D eigenvalue weighted by atomic mass is 16.5. The van der Waals surface area contributed by atoms with Gasteiger partial charge in [0.1, 0.15) is 11.5 Å². The first-order chi connectivity index (χ1) is 9.51. The van der Waals surface area contributed by atoms with Crippen molar-refractivity contribution in [1.82, 2.24) is 0 Å². The molecule has 2 rings (SSSR count). The number of amides is 1. The zero-order valence-electron chi connectivity index (χ0n) is 11.3. The number of aryl methyl sites for hydroxylation is 1. The van der Waals surface area contributed by atoms with Gasteiger partial charge in [0.05, 0.1) is 12.8 Å². The van der Waals surface area contributed by atoms with E-state index in [2.05, 4.69) is 5.32 Å². The Balaban J connectivity index is 2.21. The van der Waals surface area contributed by atoms with Crippen LogP contribution in [0, 0.1) is 6.92 Å². The monoisotopic (exact) mass is 272 g/mol. The summed E-state index contributed by atoms with van der Waals surface area (Å²) < 4.78 is 5.09. The molecule has 0 aliphatic heterocycles. The van der Waals surface area contributed by atoms with Crippen molar-refractivity contribution < 1.29 is 14.6 Å². The van der Waals surface area contributed by atoms with Crippen LogP contribution in [0.1, 0.15) is 15.9 Å². The highest BCUT2D eigenvalue weighted by Gasteiger charge is 2.09. The van der Waals surface area contributed by atoms with Gasteiger partial charge in [0.2, 0.25) is 0 Å². The third kappa shape index (κ3) is 2.83. The Morgan fingerprint density at radius 2 is 2.00 bits per heavy atom. The Hall–Kier alpha value is -2.69. The average Bonchev–Trinajstić information content (AvgIpc) is 2.43. The molecule has 104 valence electrons. The van der Waals surface area contributed by atoms with Crippen LogP contribution < -0.4 is 15.8 Å². The summed E-state index contributed by atoms with van der Waals surface area (Å²) in [6, 6.07) is 9.75. The number of nitrogen functional groups attached to an aromatic ring is 1. The smallest absolute Gasteiger partial charge is 0.255 e. The first-order valence-electron chi connectivity index (χ1n) is 6.05. The number of rotatable bonds is 3. The molecule has 2 aromatic carbocycles. The molecule has 1 amide bonds. The maximum atomic E-state index is 12.1. The SMILES string of the molecule is COc1cc(NC(=O)c2ccc(C)c(O)c2)ccc1N. The van der Waals surface area contributed by atoms with Crippen LogP contribution >= 0.6 is 0 Å². The van der Waals surface area contributed by atoms with Gasteiger partial charge >= 0.3 is 0 Å². The molecule has 0 heterocycles. The molecule has 0 spiro atoms. The van der Waals surface area contributed by atoms with Crippen molar-refractivity contribution >= 4 is 17.3 Å². The third-order valence-electron chi connectivity index (χ3n) is 2.96. The van der Waals surface area contributed by atoms with Crippen molar-refractivity contribution in [3.8, 4) is 11.5 Å². The second-order valence-electron chi connectivity index (χ2n) is 4.41. The van der Waals surface area contributed by atoms with Gasteiger partial charge < -0.3 is 20.9 Å². The summed E-state index contributed by atoms with van der Waals surface area (Å²) in [6.45, 7) is 1.77. The molecule has 0 radical (unpaired) electrons. The van der Waals surface area contributed by atoms with E-state index in [4.69, 9.17) is 10.5 Å². The molecule has 0 unspecified atom stereocenters. The lowest BCUT2D eigenvalue weighted by molar-refractivity contribution is 0.102. The lowest BCUT2D eigenvalue weighted by Crippen LogP contribution is -2.12. The minimum atomic E-state index is -0.313. The second kappa shape index (κ2) is 5.52. The van der Waals surface area contributed by atoms with Crippen LogP contribution in [0.4, 0.5) is 11.4 Å². The maximum Gasteiger partial charge on any atom is 0.255 e. The van der Waals surface area contributed by atoms with Gasteiger partial charge in [0.25, 0.3) is 5.91 Å². The fourth-order valence-corrected chi connectivity index (χ4v) is 1.74. The number of nitrogens with two attached hydrogens (primary N) is 1. The molecule has 0 aliphatic carbocycles. The van der Waals surface area contributed by atoms with Gasteiger partial charge in [0.15, 0.2) is 0 Å². The van der Waals surface area contributed by atoms with Gasteiger partial charge in [-0.2, -0.15) is 0 Å². The number of phenols is 1. The predicted octanol–water partition coefficient (Wildman–Crippen LogP) is 2.54. The van der Waals surface area contributed by atoms with E-state index in [-0.39, 0.29) is 11.7 Å². The summed E-state index contributed by atoms with van der Waals surface area (Å²) in [5.74, 6) is 0.272. The number of carbonyl (C=O) groups is 1. The van der Waals surface area contributed by atoms with Crippen LogP contribution in [0.3, 0.4) is 0 Å². The number of nitrogens with one attached hydrogen (secondary N) is 1. The van der Waals surface area contributed by atoms with Crippen LogP contribution in [0.25, 0.3) is 0 Å². The molecular formula is C15H16N2O3. The van der Waals surface area contributed by atoms with E-state index >= 15 is 0 Å². The number of methoxy groups -OCH3 is 1. The Kier molecular flexibility index (Phi) is 3.79. The molecule has 0 aliphatic rings. The van der Waals surface area contributed by atoms with Crippen molar-refractivity contribution in [2.24, 2.45) is 0 Å². The Morgan fingerprint density at radius 3 is 2.65 bits per heavy atom.